The molecule has 2 aliphatic heterocycles. The molecule has 18 heteroatoms. The number of sulfonamides is 1. The normalized spacial score (nSPS) is 26.7. The lowest BCUT2D eigenvalue weighted by molar-refractivity contribution is -0.141. The number of carbonyl (C=O) groups is 4. The van der Waals surface area contributed by atoms with Gasteiger partial charge >= 0.3 is 6.09 Å². The van der Waals surface area contributed by atoms with Crippen LogP contribution in [0.1, 0.15) is 90.4 Å². The van der Waals surface area contributed by atoms with Gasteiger partial charge in [0.15, 0.2) is 5.82 Å². The Kier molecular flexibility index (Phi) is 11.5. The third kappa shape index (κ3) is 8.65. The Morgan fingerprint density at radius 2 is 1.75 bits per heavy atom. The number of nitrogens with one attached hydrogen (secondary N) is 3. The molecule has 5 aliphatic rings. The SMILES string of the molecule is COc1ccc(-c2nc(O[C@@H]3C[C@H]4C(=O)N[C@]5(C(=O)NS(=O)(=O)C6(C)CC6)C[C@@H]5/C=C\CCCCC[C@H](NC(=O)OC5CCCC5)C(=O)N4C3)c3oc4ccc(Cl)cc4c3n2)cc1. The smallest absolute Gasteiger partial charge is 0.408 e. The van der Waals surface area contributed by atoms with Gasteiger partial charge in [-0.15, -0.1) is 0 Å². The maximum atomic E-state index is 14.8. The van der Waals surface area contributed by atoms with Crippen LogP contribution >= 0.6 is 11.6 Å². The molecule has 4 amide bonds. The van der Waals surface area contributed by atoms with Gasteiger partial charge in [0.25, 0.3) is 11.8 Å². The van der Waals surface area contributed by atoms with E-state index in [2.05, 4.69) is 15.4 Å². The molecule has 5 atom stereocenters. The van der Waals surface area contributed by atoms with E-state index in [1.165, 1.54) is 4.90 Å². The first-order valence-electron chi connectivity index (χ1n) is 21.8. The molecule has 3 saturated carbocycles. The number of alkyl carbamates (subject to hydrolysis) is 1. The summed E-state index contributed by atoms with van der Waals surface area (Å²) in [6.45, 7) is 1.49. The van der Waals surface area contributed by atoms with Crippen LogP contribution in [0.4, 0.5) is 4.79 Å². The molecule has 4 fully saturated rings. The highest BCUT2D eigenvalue weighted by atomic mass is 35.5. The minimum absolute atomic E-state index is 0.0409. The fourth-order valence-electron chi connectivity index (χ4n) is 8.98. The highest BCUT2D eigenvalue weighted by molar-refractivity contribution is 7.91. The first-order valence-corrected chi connectivity index (χ1v) is 23.7. The third-order valence-corrected chi connectivity index (χ3v) is 15.6. The molecule has 3 aliphatic carbocycles. The van der Waals surface area contributed by atoms with Crippen LogP contribution in [0.15, 0.2) is 59.0 Å². The molecule has 2 aromatic heterocycles. The Balaban J connectivity index is 1.06. The van der Waals surface area contributed by atoms with Crippen LogP contribution < -0.4 is 24.8 Å². The topological polar surface area (TPSA) is 208 Å². The molecule has 4 heterocycles. The summed E-state index contributed by atoms with van der Waals surface area (Å²) in [6, 6.07) is 10.1. The Morgan fingerprint density at radius 1 is 0.984 bits per heavy atom. The molecule has 3 N–H and O–H groups in total. The highest BCUT2D eigenvalue weighted by Gasteiger charge is 2.63. The number of ether oxygens (including phenoxy) is 3. The van der Waals surface area contributed by atoms with Crippen molar-refractivity contribution in [1.29, 1.82) is 0 Å². The zero-order valence-electron chi connectivity index (χ0n) is 35.2. The number of rotatable bonds is 9. The predicted molar refractivity (Wildman–Crippen MR) is 232 cm³/mol. The molecule has 334 valence electrons. The summed E-state index contributed by atoms with van der Waals surface area (Å²) in [5, 5.41) is 6.82. The number of allylic oxidation sites excluding steroid dienone is 1. The zero-order valence-corrected chi connectivity index (χ0v) is 36.8. The van der Waals surface area contributed by atoms with Crippen LogP contribution in [0.5, 0.6) is 11.6 Å². The molecule has 2 aromatic carbocycles. The number of benzene rings is 2. The van der Waals surface area contributed by atoms with Crippen molar-refractivity contribution in [2.24, 2.45) is 5.92 Å². The summed E-state index contributed by atoms with van der Waals surface area (Å²) < 4.78 is 51.8. The number of fused-ring (bicyclic) bond motifs is 5. The summed E-state index contributed by atoms with van der Waals surface area (Å²) in [5.41, 5.74) is 0.241. The Bertz CT molecular complexity index is 2590. The molecule has 0 spiro atoms. The number of hydrogen-bond acceptors (Lipinski definition) is 12. The lowest BCUT2D eigenvalue weighted by Gasteiger charge is -2.30. The lowest BCUT2D eigenvalue weighted by Crippen LogP contribution is -2.58. The molecule has 16 nitrogen and oxygen atoms in total. The largest absolute Gasteiger partial charge is 0.497 e. The van der Waals surface area contributed by atoms with Crippen molar-refractivity contribution in [2.75, 3.05) is 13.7 Å². The molecule has 63 heavy (non-hydrogen) atoms. The molecule has 0 unspecified atom stereocenters. The van der Waals surface area contributed by atoms with Crippen LogP contribution in [-0.2, 0) is 29.1 Å². The van der Waals surface area contributed by atoms with Gasteiger partial charge in [0, 0.05) is 28.3 Å². The highest BCUT2D eigenvalue weighted by Crippen LogP contribution is 2.48. The van der Waals surface area contributed by atoms with E-state index in [9.17, 15) is 27.6 Å². The van der Waals surface area contributed by atoms with Crippen LogP contribution in [0.25, 0.3) is 33.5 Å². The van der Waals surface area contributed by atoms with Gasteiger partial charge in [-0.1, -0.05) is 36.6 Å². The van der Waals surface area contributed by atoms with E-state index >= 15 is 0 Å². The molecule has 9 rings (SSSR count). The second kappa shape index (κ2) is 16.9. The Morgan fingerprint density at radius 3 is 2.49 bits per heavy atom. The van der Waals surface area contributed by atoms with Crippen molar-refractivity contribution in [1.82, 2.24) is 30.2 Å². The summed E-state index contributed by atoms with van der Waals surface area (Å²) in [5.74, 6) is -1.46. The Labute approximate surface area is 369 Å². The summed E-state index contributed by atoms with van der Waals surface area (Å²) in [6.07, 6.45) is 9.50. The second-order valence-electron chi connectivity index (χ2n) is 17.7. The fraction of sp³-hybridized carbons (Fsp3) is 0.511. The van der Waals surface area contributed by atoms with Crippen LogP contribution in [0.2, 0.25) is 5.02 Å². The van der Waals surface area contributed by atoms with Crippen LogP contribution in [-0.4, -0.2) is 95.3 Å². The van der Waals surface area contributed by atoms with Crippen LogP contribution in [0.3, 0.4) is 0 Å². The summed E-state index contributed by atoms with van der Waals surface area (Å²) in [4.78, 5) is 67.9. The van der Waals surface area contributed by atoms with E-state index in [-0.39, 0.29) is 37.0 Å². The van der Waals surface area contributed by atoms with Crippen molar-refractivity contribution in [3.63, 3.8) is 0 Å². The van der Waals surface area contributed by atoms with Crippen molar-refractivity contribution in [3.8, 4) is 23.0 Å². The number of furan rings is 1. The van der Waals surface area contributed by atoms with Gasteiger partial charge in [0.05, 0.1) is 18.4 Å². The minimum atomic E-state index is -4.03. The maximum Gasteiger partial charge on any atom is 0.408 e. The van der Waals surface area contributed by atoms with Crippen molar-refractivity contribution in [3.05, 3.63) is 59.6 Å². The maximum absolute atomic E-state index is 14.8. The average molecular weight is 903 g/mol. The molecular weight excluding hydrogens is 852 g/mol. The van der Waals surface area contributed by atoms with E-state index < -0.39 is 68.2 Å². The molecule has 4 aromatic rings. The number of amides is 4. The van der Waals surface area contributed by atoms with Gasteiger partial charge in [-0.3, -0.25) is 19.1 Å². The molecular formula is C45H51ClN6O10S. The van der Waals surface area contributed by atoms with Gasteiger partial charge in [-0.05, 0) is 114 Å². The number of halogens is 1. The molecule has 1 saturated heterocycles. The van der Waals surface area contributed by atoms with E-state index in [1.54, 1.807) is 44.4 Å². The van der Waals surface area contributed by atoms with Gasteiger partial charge in [0.2, 0.25) is 27.4 Å². The lowest BCUT2D eigenvalue weighted by atomic mass is 10.0. The monoisotopic (exact) mass is 902 g/mol. The number of nitrogens with zero attached hydrogens (tertiary/aromatic N) is 3. The van der Waals surface area contributed by atoms with Crippen molar-refractivity contribution in [2.45, 2.75) is 125 Å². The van der Waals surface area contributed by atoms with E-state index in [0.29, 0.717) is 70.8 Å². The van der Waals surface area contributed by atoms with E-state index in [1.807, 2.05) is 24.3 Å². The molecule has 0 radical (unpaired) electrons. The number of methoxy groups -OCH3 is 1. The number of hydrogen-bond donors (Lipinski definition) is 3. The van der Waals surface area contributed by atoms with Gasteiger partial charge in [-0.25, -0.2) is 18.2 Å². The van der Waals surface area contributed by atoms with Gasteiger partial charge in [-0.2, -0.15) is 4.98 Å². The molecule has 0 bridgehead atoms. The number of carbonyl (C=O) groups excluding carboxylic acids is 4. The average Bonchev–Trinajstić information content (AvgIpc) is 3.93. The van der Waals surface area contributed by atoms with Crippen molar-refractivity contribution >= 4 is 67.5 Å². The fourth-order valence-corrected chi connectivity index (χ4v) is 10.5. The third-order valence-electron chi connectivity index (χ3n) is 13.2. The Hall–Kier alpha value is -5.42. The predicted octanol–water partition coefficient (Wildman–Crippen LogP) is 6.48. The summed E-state index contributed by atoms with van der Waals surface area (Å²) >= 11 is 6.42. The first-order chi connectivity index (χ1) is 30.3. The van der Waals surface area contributed by atoms with Gasteiger partial charge < -0.3 is 34.2 Å². The van der Waals surface area contributed by atoms with Gasteiger partial charge in [0.1, 0.15) is 46.7 Å². The van der Waals surface area contributed by atoms with Crippen molar-refractivity contribution < 1.29 is 46.2 Å². The standard InChI is InChI=1S/C45H51ClN6O10S/c1-44(20-21-44)63(57,58)51-42(55)45-24-27(45)10-6-4-3-5-7-13-33(47-43(56)61-30-11-8-9-12-30)41(54)52-25-31(23-34(52)39(53)50-45)60-40-37-36(32-22-28(46)16-19-35(32)62-37)48-38(49-40)26-14-17-29(59-2)18-15-26/h6,10,14-19,22,27,30-31,33-34H,3-5,7-9,11-13,20-21,23-25H2,1-2H3,(H,47,56)(H,50,53)(H,51,55)/b10-6-/t27-,31+,33-,34-,45+/m0/s1. The first kappa shape index (κ1) is 42.9. The summed E-state index contributed by atoms with van der Waals surface area (Å²) in [7, 11) is -2.46. The minimum Gasteiger partial charge on any atom is -0.497 e. The van der Waals surface area contributed by atoms with E-state index in [0.717, 1.165) is 38.5 Å². The quantitative estimate of drug-likeness (QED) is 0.154. The van der Waals surface area contributed by atoms with E-state index in [4.69, 9.17) is 40.2 Å². The number of aromatic nitrogens is 2. The second-order valence-corrected chi connectivity index (χ2v) is 20.3. The van der Waals surface area contributed by atoms with Crippen LogP contribution in [0, 0.1) is 5.92 Å². The zero-order chi connectivity index (χ0) is 44.1.